The lowest BCUT2D eigenvalue weighted by Crippen LogP contribution is -2.45. The first-order valence-corrected chi connectivity index (χ1v) is 8.22. The first-order chi connectivity index (χ1) is 9.77. The van der Waals surface area contributed by atoms with Gasteiger partial charge in [-0.2, -0.15) is 24.9 Å². The van der Waals surface area contributed by atoms with E-state index in [1.54, 1.807) is 4.90 Å². The van der Waals surface area contributed by atoms with E-state index in [0.717, 1.165) is 5.75 Å². The number of amides is 2. The molecule has 1 fully saturated rings. The lowest BCUT2D eigenvalue weighted by molar-refractivity contribution is -0.138. The van der Waals surface area contributed by atoms with Gasteiger partial charge in [-0.3, -0.25) is 5.32 Å². The Morgan fingerprint density at radius 3 is 2.71 bits per heavy atom. The van der Waals surface area contributed by atoms with Crippen molar-refractivity contribution in [2.24, 2.45) is 5.92 Å². The van der Waals surface area contributed by atoms with E-state index in [0.29, 0.717) is 35.6 Å². The van der Waals surface area contributed by atoms with E-state index < -0.39 is 17.2 Å². The van der Waals surface area contributed by atoms with Crippen LogP contribution in [0.15, 0.2) is 0 Å². The molecule has 1 N–H and O–H groups in total. The largest absolute Gasteiger partial charge is 0.445 e. The number of hydrogen-bond acceptors (Lipinski definition) is 5. The molecule has 1 aliphatic heterocycles. The van der Waals surface area contributed by atoms with Crippen LogP contribution in [0.2, 0.25) is 0 Å². The number of anilines is 1. The summed E-state index contributed by atoms with van der Waals surface area (Å²) < 4.78 is 37.2. The number of carbonyl (C=O) groups excluding carboxylic acids is 1. The minimum Gasteiger partial charge on any atom is -0.323 e. The first kappa shape index (κ1) is 16.3. The molecule has 2 heterocycles. The van der Waals surface area contributed by atoms with E-state index in [9.17, 15) is 18.0 Å². The maximum Gasteiger partial charge on any atom is 0.445 e. The molecular weight excluding hydrogens is 325 g/mol. The summed E-state index contributed by atoms with van der Waals surface area (Å²) >= 11 is 2.14. The van der Waals surface area contributed by atoms with Crippen molar-refractivity contribution < 1.29 is 18.0 Å². The second-order valence-electron chi connectivity index (χ2n) is 4.94. The molecule has 1 aromatic rings. The van der Waals surface area contributed by atoms with E-state index in [-0.39, 0.29) is 5.13 Å². The molecule has 1 saturated heterocycles. The predicted molar refractivity (Wildman–Crippen MR) is 76.6 cm³/mol. The molecule has 1 atom stereocenters. The molecular formula is C11H15F3N4OS2. The highest BCUT2D eigenvalue weighted by atomic mass is 32.2. The number of aromatic nitrogens is 2. The molecule has 2 amide bonds. The Kier molecular flexibility index (Phi) is 4.97. The van der Waals surface area contributed by atoms with Crippen molar-refractivity contribution in [1.29, 1.82) is 0 Å². The van der Waals surface area contributed by atoms with Gasteiger partial charge in [-0.1, -0.05) is 25.2 Å². The predicted octanol–water partition coefficient (Wildman–Crippen LogP) is 3.16. The SMILES string of the molecule is CC(C)[C@@H]1CN(C(=O)Nc2nnc(C(F)(F)F)s2)CCS1. The standard InChI is InChI=1S/C11H15F3N4OS2/c1-6(2)7-5-18(3-4-20-7)10(19)15-9-17-16-8(21-9)11(12,13)14/h6-7H,3-5H2,1-2H3,(H,15,17,19)/t7-/m0/s1. The minimum atomic E-state index is -4.54. The van der Waals surface area contributed by atoms with E-state index in [1.807, 2.05) is 11.8 Å². The van der Waals surface area contributed by atoms with Crippen molar-refractivity contribution in [2.45, 2.75) is 25.3 Å². The van der Waals surface area contributed by atoms with Gasteiger partial charge in [0.15, 0.2) is 0 Å². The molecule has 118 valence electrons. The second-order valence-corrected chi connectivity index (χ2v) is 7.26. The highest BCUT2D eigenvalue weighted by Gasteiger charge is 2.36. The molecule has 0 saturated carbocycles. The highest BCUT2D eigenvalue weighted by molar-refractivity contribution is 8.00. The number of rotatable bonds is 2. The van der Waals surface area contributed by atoms with Crippen LogP contribution in [0.4, 0.5) is 23.1 Å². The van der Waals surface area contributed by atoms with Crippen LogP contribution in [-0.2, 0) is 6.18 Å². The Morgan fingerprint density at radius 2 is 2.14 bits per heavy atom. The van der Waals surface area contributed by atoms with Crippen molar-refractivity contribution in [1.82, 2.24) is 15.1 Å². The van der Waals surface area contributed by atoms with E-state index in [4.69, 9.17) is 0 Å². The normalized spacial score (nSPS) is 19.9. The van der Waals surface area contributed by atoms with Crippen LogP contribution in [0.25, 0.3) is 0 Å². The summed E-state index contributed by atoms with van der Waals surface area (Å²) in [6.07, 6.45) is -4.54. The van der Waals surface area contributed by atoms with Crippen LogP contribution in [-0.4, -0.2) is 45.2 Å². The molecule has 10 heteroatoms. The van der Waals surface area contributed by atoms with Crippen molar-refractivity contribution in [2.75, 3.05) is 24.2 Å². The number of carbonyl (C=O) groups is 1. The first-order valence-electron chi connectivity index (χ1n) is 6.35. The van der Waals surface area contributed by atoms with E-state index >= 15 is 0 Å². The van der Waals surface area contributed by atoms with Crippen LogP contribution in [0, 0.1) is 5.92 Å². The number of alkyl halides is 3. The number of nitrogens with zero attached hydrogens (tertiary/aromatic N) is 3. The molecule has 0 aliphatic carbocycles. The van der Waals surface area contributed by atoms with Gasteiger partial charge in [-0.05, 0) is 5.92 Å². The van der Waals surface area contributed by atoms with Gasteiger partial charge in [0.25, 0.3) is 0 Å². The Labute approximate surface area is 128 Å². The van der Waals surface area contributed by atoms with Crippen LogP contribution < -0.4 is 5.32 Å². The molecule has 0 radical (unpaired) electrons. The van der Waals surface area contributed by atoms with Gasteiger partial charge in [-0.15, -0.1) is 10.2 Å². The number of nitrogens with one attached hydrogen (secondary N) is 1. The molecule has 21 heavy (non-hydrogen) atoms. The average molecular weight is 340 g/mol. The van der Waals surface area contributed by atoms with Gasteiger partial charge >= 0.3 is 12.2 Å². The number of thioether (sulfide) groups is 1. The average Bonchev–Trinajstić information content (AvgIpc) is 2.87. The Balaban J connectivity index is 1.96. The van der Waals surface area contributed by atoms with Crippen molar-refractivity contribution >= 4 is 34.3 Å². The monoisotopic (exact) mass is 340 g/mol. The Morgan fingerprint density at radius 1 is 1.43 bits per heavy atom. The molecule has 1 aliphatic rings. The van der Waals surface area contributed by atoms with Crippen LogP contribution in [0.3, 0.4) is 0 Å². The Bertz CT molecular complexity index is 506. The van der Waals surface area contributed by atoms with Crippen LogP contribution in [0.5, 0.6) is 0 Å². The van der Waals surface area contributed by atoms with Gasteiger partial charge < -0.3 is 4.90 Å². The van der Waals surface area contributed by atoms with Gasteiger partial charge in [0.05, 0.1) is 0 Å². The fourth-order valence-corrected chi connectivity index (χ4v) is 3.72. The smallest absolute Gasteiger partial charge is 0.323 e. The molecule has 1 aromatic heterocycles. The van der Waals surface area contributed by atoms with Crippen molar-refractivity contribution in [3.8, 4) is 0 Å². The zero-order valence-electron chi connectivity index (χ0n) is 11.5. The molecule has 0 aromatic carbocycles. The summed E-state index contributed by atoms with van der Waals surface area (Å²) in [5, 5.41) is 7.92. The summed E-state index contributed by atoms with van der Waals surface area (Å²) in [5.41, 5.74) is 0. The third-order valence-electron chi connectivity index (χ3n) is 3.01. The summed E-state index contributed by atoms with van der Waals surface area (Å²) in [6.45, 7) is 5.32. The van der Waals surface area contributed by atoms with Gasteiger partial charge in [0.2, 0.25) is 10.1 Å². The molecule has 0 unspecified atom stereocenters. The summed E-state index contributed by atoms with van der Waals surface area (Å²) in [6, 6.07) is -0.425. The van der Waals surface area contributed by atoms with Gasteiger partial charge in [-0.25, -0.2) is 4.79 Å². The van der Waals surface area contributed by atoms with Gasteiger partial charge in [0.1, 0.15) is 0 Å². The maximum absolute atomic E-state index is 12.4. The van der Waals surface area contributed by atoms with Gasteiger partial charge in [0, 0.05) is 24.1 Å². The minimum absolute atomic E-state index is 0.133. The van der Waals surface area contributed by atoms with Crippen molar-refractivity contribution in [3.63, 3.8) is 0 Å². The third-order valence-corrected chi connectivity index (χ3v) is 5.43. The number of halogens is 3. The Hall–Kier alpha value is -1.03. The molecule has 5 nitrogen and oxygen atoms in total. The number of urea groups is 1. The zero-order valence-corrected chi connectivity index (χ0v) is 13.1. The highest BCUT2D eigenvalue weighted by Crippen LogP contribution is 2.33. The third kappa shape index (κ3) is 4.22. The van der Waals surface area contributed by atoms with Crippen LogP contribution >= 0.6 is 23.1 Å². The van der Waals surface area contributed by atoms with Crippen molar-refractivity contribution in [3.05, 3.63) is 5.01 Å². The lowest BCUT2D eigenvalue weighted by Gasteiger charge is -2.34. The summed E-state index contributed by atoms with van der Waals surface area (Å²) in [5.74, 6) is 1.25. The fraction of sp³-hybridized carbons (Fsp3) is 0.727. The zero-order chi connectivity index (χ0) is 15.6. The molecule has 0 spiro atoms. The summed E-state index contributed by atoms with van der Waals surface area (Å²) in [7, 11) is 0. The quantitative estimate of drug-likeness (QED) is 0.898. The number of hydrogen-bond donors (Lipinski definition) is 1. The maximum atomic E-state index is 12.4. The fourth-order valence-electron chi connectivity index (χ4n) is 1.82. The van der Waals surface area contributed by atoms with E-state index in [2.05, 4.69) is 29.4 Å². The summed E-state index contributed by atoms with van der Waals surface area (Å²) in [4.78, 5) is 13.7. The van der Waals surface area contributed by atoms with E-state index in [1.165, 1.54) is 0 Å². The van der Waals surface area contributed by atoms with Crippen LogP contribution in [0.1, 0.15) is 18.9 Å². The second kappa shape index (κ2) is 6.39. The topological polar surface area (TPSA) is 58.1 Å². The lowest BCUT2D eigenvalue weighted by atomic mass is 10.1. The molecule has 0 bridgehead atoms. The molecule has 2 rings (SSSR count).